The molecule has 3 rings (SSSR count). The Balaban J connectivity index is 2.17. The van der Waals surface area contributed by atoms with Gasteiger partial charge in [-0.1, -0.05) is 27.7 Å². The molecule has 0 aliphatic rings. The number of hydrogen-bond acceptors (Lipinski definition) is 5. The van der Waals surface area contributed by atoms with E-state index in [0.29, 0.717) is 5.16 Å². The Morgan fingerprint density at radius 1 is 1.45 bits per heavy atom. The number of fused-ring (bicyclic) bond motifs is 3. The normalized spacial score (nSPS) is 11.3. The molecule has 2 aromatic heterocycles. The Morgan fingerprint density at radius 3 is 3.00 bits per heavy atom. The molecule has 102 valence electrons. The number of nitrogens with zero attached hydrogens (tertiary/aromatic N) is 4. The maximum Gasteiger partial charge on any atom is 0.227 e. The van der Waals surface area contributed by atoms with Crippen LogP contribution in [0, 0.1) is 0 Å². The number of aryl methyl sites for hydroxylation is 1. The molecule has 0 aliphatic carbocycles. The van der Waals surface area contributed by atoms with Crippen molar-refractivity contribution in [2.45, 2.75) is 5.16 Å². The van der Waals surface area contributed by atoms with Crippen LogP contribution in [0.5, 0.6) is 0 Å². The van der Waals surface area contributed by atoms with E-state index in [1.54, 1.807) is 0 Å². The Bertz CT molecular complexity index is 831. The van der Waals surface area contributed by atoms with Crippen LogP contribution in [0.1, 0.15) is 0 Å². The molecule has 6 nitrogen and oxygen atoms in total. The molecule has 0 spiro atoms. The standard InChI is InChI=1S/C12H10BrN5OS/c1-18-8-3-2-6(13)4-7(8)10-11(18)15-12(17-16-10)20-5-9(14)19/h2-4H,5H2,1H3,(H2,14,19). The van der Waals surface area contributed by atoms with E-state index in [1.165, 1.54) is 11.8 Å². The van der Waals surface area contributed by atoms with Crippen LogP contribution in [0.4, 0.5) is 0 Å². The summed E-state index contributed by atoms with van der Waals surface area (Å²) in [5, 5.41) is 9.69. The van der Waals surface area contributed by atoms with Gasteiger partial charge in [-0.15, -0.1) is 10.2 Å². The van der Waals surface area contributed by atoms with Crippen LogP contribution in [0.2, 0.25) is 0 Å². The van der Waals surface area contributed by atoms with E-state index in [1.807, 2.05) is 29.8 Å². The first kappa shape index (κ1) is 13.3. The third-order valence-corrected chi connectivity index (χ3v) is 4.24. The molecule has 2 N–H and O–H groups in total. The molecule has 0 unspecified atom stereocenters. The van der Waals surface area contributed by atoms with E-state index in [4.69, 9.17) is 5.73 Å². The highest BCUT2D eigenvalue weighted by Crippen LogP contribution is 2.28. The first-order valence-corrected chi connectivity index (χ1v) is 7.53. The highest BCUT2D eigenvalue weighted by molar-refractivity contribution is 9.10. The predicted molar refractivity (Wildman–Crippen MR) is 81.4 cm³/mol. The monoisotopic (exact) mass is 351 g/mol. The van der Waals surface area contributed by atoms with E-state index in [9.17, 15) is 4.79 Å². The van der Waals surface area contributed by atoms with Crippen molar-refractivity contribution >= 4 is 55.7 Å². The first-order valence-electron chi connectivity index (χ1n) is 5.76. The van der Waals surface area contributed by atoms with Crippen molar-refractivity contribution in [2.24, 2.45) is 12.8 Å². The SMILES string of the molecule is Cn1c2ccc(Br)cc2c2nnc(SCC(N)=O)nc21. The van der Waals surface area contributed by atoms with E-state index in [-0.39, 0.29) is 5.75 Å². The Morgan fingerprint density at radius 2 is 2.25 bits per heavy atom. The van der Waals surface area contributed by atoms with Gasteiger partial charge >= 0.3 is 0 Å². The summed E-state index contributed by atoms with van der Waals surface area (Å²) in [5.41, 5.74) is 7.62. The summed E-state index contributed by atoms with van der Waals surface area (Å²) in [6.45, 7) is 0. The van der Waals surface area contributed by atoms with Crippen molar-refractivity contribution < 1.29 is 4.79 Å². The Kier molecular flexibility index (Phi) is 3.35. The number of carbonyl (C=O) groups excluding carboxylic acids is 1. The molecular formula is C12H10BrN5OS. The largest absolute Gasteiger partial charge is 0.369 e. The molecule has 8 heteroatoms. The second-order valence-corrected chi connectivity index (χ2v) is 6.10. The molecule has 0 fully saturated rings. The Labute approximate surface area is 126 Å². The highest BCUT2D eigenvalue weighted by Gasteiger charge is 2.13. The topological polar surface area (TPSA) is 86.7 Å². The number of aromatic nitrogens is 4. The highest BCUT2D eigenvalue weighted by atomic mass is 79.9. The van der Waals surface area contributed by atoms with E-state index in [2.05, 4.69) is 31.1 Å². The van der Waals surface area contributed by atoms with Crippen LogP contribution in [-0.4, -0.2) is 31.4 Å². The van der Waals surface area contributed by atoms with Crippen LogP contribution in [0.3, 0.4) is 0 Å². The molecule has 0 saturated heterocycles. The number of carbonyl (C=O) groups is 1. The average Bonchev–Trinajstić information content (AvgIpc) is 2.69. The lowest BCUT2D eigenvalue weighted by atomic mass is 10.2. The number of thioether (sulfide) groups is 1. The van der Waals surface area contributed by atoms with Gasteiger partial charge in [0.25, 0.3) is 0 Å². The molecule has 1 aromatic carbocycles. The lowest BCUT2D eigenvalue weighted by molar-refractivity contribution is -0.115. The maximum absolute atomic E-state index is 10.8. The summed E-state index contributed by atoms with van der Waals surface area (Å²) in [6.07, 6.45) is 0. The van der Waals surface area contributed by atoms with Crippen LogP contribution >= 0.6 is 27.7 Å². The van der Waals surface area contributed by atoms with E-state index >= 15 is 0 Å². The predicted octanol–water partition coefficient (Wildman–Crippen LogP) is 1.86. The summed E-state index contributed by atoms with van der Waals surface area (Å²) in [6, 6.07) is 5.96. The minimum Gasteiger partial charge on any atom is -0.369 e. The van der Waals surface area contributed by atoms with Gasteiger partial charge < -0.3 is 10.3 Å². The molecule has 0 saturated carbocycles. The smallest absolute Gasteiger partial charge is 0.227 e. The Hall–Kier alpha value is -1.67. The first-order chi connectivity index (χ1) is 9.56. The number of benzene rings is 1. The minimum absolute atomic E-state index is 0.142. The lowest BCUT2D eigenvalue weighted by Gasteiger charge is -1.98. The van der Waals surface area contributed by atoms with Gasteiger partial charge in [0.05, 0.1) is 11.3 Å². The third kappa shape index (κ3) is 2.25. The van der Waals surface area contributed by atoms with E-state index in [0.717, 1.165) is 26.5 Å². The fourth-order valence-corrected chi connectivity index (χ4v) is 2.89. The quantitative estimate of drug-likeness (QED) is 0.727. The van der Waals surface area contributed by atoms with Gasteiger partial charge in [-0.3, -0.25) is 4.79 Å². The fourth-order valence-electron chi connectivity index (χ4n) is 2.01. The zero-order chi connectivity index (χ0) is 14.3. The van der Waals surface area contributed by atoms with E-state index < -0.39 is 5.91 Å². The second-order valence-electron chi connectivity index (χ2n) is 4.24. The molecule has 3 aromatic rings. The van der Waals surface area contributed by atoms with Gasteiger partial charge in [0, 0.05) is 16.9 Å². The lowest BCUT2D eigenvalue weighted by Crippen LogP contribution is -2.13. The van der Waals surface area contributed by atoms with Crippen LogP contribution in [0.15, 0.2) is 27.8 Å². The zero-order valence-corrected chi connectivity index (χ0v) is 12.9. The molecule has 1 amide bonds. The van der Waals surface area contributed by atoms with Crippen LogP contribution in [-0.2, 0) is 11.8 Å². The number of rotatable bonds is 3. The summed E-state index contributed by atoms with van der Waals surface area (Å²) < 4.78 is 2.94. The average molecular weight is 352 g/mol. The zero-order valence-electron chi connectivity index (χ0n) is 10.5. The van der Waals surface area contributed by atoms with Gasteiger partial charge in [-0.2, -0.15) is 0 Å². The van der Waals surface area contributed by atoms with Gasteiger partial charge in [0.15, 0.2) is 5.65 Å². The van der Waals surface area contributed by atoms with Crippen molar-refractivity contribution in [2.75, 3.05) is 5.75 Å². The van der Waals surface area contributed by atoms with Crippen molar-refractivity contribution in [1.29, 1.82) is 0 Å². The number of halogens is 1. The third-order valence-electron chi connectivity index (χ3n) is 2.89. The molecule has 0 atom stereocenters. The summed E-state index contributed by atoms with van der Waals surface area (Å²) in [4.78, 5) is 15.2. The van der Waals surface area contributed by atoms with Gasteiger partial charge in [0.1, 0.15) is 5.52 Å². The van der Waals surface area contributed by atoms with Gasteiger partial charge in [-0.25, -0.2) is 4.98 Å². The molecule has 2 heterocycles. The molecule has 20 heavy (non-hydrogen) atoms. The summed E-state index contributed by atoms with van der Waals surface area (Å²) in [5.74, 6) is -0.262. The molecule has 0 aliphatic heterocycles. The molecular weight excluding hydrogens is 342 g/mol. The summed E-state index contributed by atoms with van der Waals surface area (Å²) in [7, 11) is 1.93. The molecule has 0 bridgehead atoms. The van der Waals surface area contributed by atoms with Crippen LogP contribution < -0.4 is 5.73 Å². The summed E-state index contributed by atoms with van der Waals surface area (Å²) >= 11 is 4.63. The van der Waals surface area contributed by atoms with Gasteiger partial charge in [0.2, 0.25) is 11.1 Å². The number of hydrogen-bond donors (Lipinski definition) is 1. The maximum atomic E-state index is 10.8. The van der Waals surface area contributed by atoms with Gasteiger partial charge in [-0.05, 0) is 18.2 Å². The number of amides is 1. The van der Waals surface area contributed by atoms with Crippen molar-refractivity contribution in [3.8, 4) is 0 Å². The van der Waals surface area contributed by atoms with Crippen molar-refractivity contribution in [3.63, 3.8) is 0 Å². The number of primary amides is 1. The second kappa shape index (κ2) is 5.02. The number of nitrogens with two attached hydrogens (primary N) is 1. The van der Waals surface area contributed by atoms with Crippen molar-refractivity contribution in [3.05, 3.63) is 22.7 Å². The van der Waals surface area contributed by atoms with Crippen LogP contribution in [0.25, 0.3) is 22.1 Å². The van der Waals surface area contributed by atoms with Crippen molar-refractivity contribution in [1.82, 2.24) is 19.7 Å². The molecule has 0 radical (unpaired) electrons. The fraction of sp³-hybridized carbons (Fsp3) is 0.167. The minimum atomic E-state index is -0.403.